The van der Waals surface area contributed by atoms with Crippen LogP contribution in [0, 0.1) is 5.92 Å². The third-order valence-electron chi connectivity index (χ3n) is 4.28. The van der Waals surface area contributed by atoms with Crippen LogP contribution in [0.25, 0.3) is 12.2 Å². The lowest BCUT2D eigenvalue weighted by molar-refractivity contribution is -0.110. The smallest absolute Gasteiger partial charge is 0.178 e. The molecule has 1 heteroatoms. The Bertz CT molecular complexity index is 766. The van der Waals surface area contributed by atoms with Crippen molar-refractivity contribution in [3.05, 3.63) is 82.9 Å². The van der Waals surface area contributed by atoms with Crippen molar-refractivity contribution in [2.45, 2.75) is 46.5 Å². The lowest BCUT2D eigenvalue weighted by atomic mass is 9.87. The Kier molecular flexibility index (Phi) is 6.74. The quantitative estimate of drug-likeness (QED) is 0.547. The molecular formula is C25H30O. The van der Waals surface area contributed by atoms with Crippen LogP contribution in [-0.2, 0) is 16.6 Å². The molecule has 0 amide bonds. The molecule has 1 nitrogen and oxygen atoms in total. The fourth-order valence-electron chi connectivity index (χ4n) is 2.74. The first-order chi connectivity index (χ1) is 12.2. The van der Waals surface area contributed by atoms with Gasteiger partial charge in [-0.15, -0.1) is 0 Å². The molecule has 2 aromatic rings. The maximum absolute atomic E-state index is 12.1. The van der Waals surface area contributed by atoms with Crippen LogP contribution in [0.15, 0.2) is 60.7 Å². The fourth-order valence-corrected chi connectivity index (χ4v) is 2.74. The fraction of sp³-hybridized carbons (Fsp3) is 0.320. The van der Waals surface area contributed by atoms with E-state index in [4.69, 9.17) is 0 Å². The van der Waals surface area contributed by atoms with Gasteiger partial charge in [-0.2, -0.15) is 0 Å². The van der Waals surface area contributed by atoms with Crippen molar-refractivity contribution in [3.8, 4) is 0 Å². The van der Waals surface area contributed by atoms with E-state index in [1.165, 1.54) is 11.1 Å². The van der Waals surface area contributed by atoms with Crippen molar-refractivity contribution in [2.75, 3.05) is 0 Å². The zero-order valence-electron chi connectivity index (χ0n) is 16.6. The summed E-state index contributed by atoms with van der Waals surface area (Å²) in [6, 6.07) is 16.8. The summed E-state index contributed by atoms with van der Waals surface area (Å²) in [4.78, 5) is 12.1. The van der Waals surface area contributed by atoms with Gasteiger partial charge < -0.3 is 0 Å². The Morgan fingerprint density at radius 1 is 0.846 bits per heavy atom. The van der Waals surface area contributed by atoms with Crippen molar-refractivity contribution in [3.63, 3.8) is 0 Å². The van der Waals surface area contributed by atoms with Crippen LogP contribution in [0.3, 0.4) is 0 Å². The minimum atomic E-state index is -0.00356. The zero-order valence-corrected chi connectivity index (χ0v) is 16.6. The predicted molar refractivity (Wildman–Crippen MR) is 113 cm³/mol. The second-order valence-electron chi connectivity index (χ2n) is 8.28. The minimum absolute atomic E-state index is 0.00356. The van der Waals surface area contributed by atoms with Crippen LogP contribution in [-0.4, -0.2) is 5.78 Å². The first kappa shape index (κ1) is 19.9. The van der Waals surface area contributed by atoms with Gasteiger partial charge in [-0.1, -0.05) is 95.3 Å². The van der Waals surface area contributed by atoms with Crippen molar-refractivity contribution in [1.29, 1.82) is 0 Å². The number of hydrogen-bond acceptors (Lipinski definition) is 1. The minimum Gasteiger partial charge on any atom is -0.290 e. The molecule has 0 radical (unpaired) electrons. The van der Waals surface area contributed by atoms with Gasteiger partial charge in [0.2, 0.25) is 0 Å². The van der Waals surface area contributed by atoms with Gasteiger partial charge in [0.05, 0.1) is 0 Å². The highest BCUT2D eigenvalue weighted by atomic mass is 16.1. The van der Waals surface area contributed by atoms with E-state index in [9.17, 15) is 4.79 Å². The molecule has 0 aliphatic rings. The molecule has 2 aromatic carbocycles. The van der Waals surface area contributed by atoms with Gasteiger partial charge >= 0.3 is 0 Å². The molecule has 0 bridgehead atoms. The Hall–Kier alpha value is -2.41. The molecule has 0 atom stereocenters. The zero-order chi connectivity index (χ0) is 19.2. The highest BCUT2D eigenvalue weighted by Gasteiger charge is 2.12. The number of ketones is 1. The molecule has 0 fully saturated rings. The van der Waals surface area contributed by atoms with Crippen LogP contribution in [0.1, 0.15) is 56.9 Å². The van der Waals surface area contributed by atoms with E-state index in [1.807, 2.05) is 12.2 Å². The van der Waals surface area contributed by atoms with Crippen LogP contribution in [0.2, 0.25) is 0 Å². The second kappa shape index (κ2) is 8.80. The Labute approximate surface area is 158 Å². The van der Waals surface area contributed by atoms with Gasteiger partial charge in [0.1, 0.15) is 0 Å². The molecule has 0 saturated heterocycles. The summed E-state index contributed by atoms with van der Waals surface area (Å²) in [6.45, 7) is 11.0. The maximum Gasteiger partial charge on any atom is 0.178 e. The van der Waals surface area contributed by atoms with Crippen LogP contribution < -0.4 is 0 Å². The summed E-state index contributed by atoms with van der Waals surface area (Å²) in [5, 5.41) is 0. The van der Waals surface area contributed by atoms with Crippen LogP contribution >= 0.6 is 0 Å². The molecule has 2 rings (SSSR count). The third kappa shape index (κ3) is 6.48. The number of hydrogen-bond donors (Lipinski definition) is 0. The van der Waals surface area contributed by atoms with E-state index in [0.717, 1.165) is 17.5 Å². The number of rotatable bonds is 6. The van der Waals surface area contributed by atoms with E-state index < -0.39 is 0 Å². The summed E-state index contributed by atoms with van der Waals surface area (Å²) in [7, 11) is 0. The molecule has 26 heavy (non-hydrogen) atoms. The Balaban J connectivity index is 1.95. The first-order valence-electron chi connectivity index (χ1n) is 9.33. The first-order valence-corrected chi connectivity index (χ1v) is 9.33. The van der Waals surface area contributed by atoms with E-state index in [2.05, 4.69) is 83.1 Å². The van der Waals surface area contributed by atoms with Crippen molar-refractivity contribution in [2.24, 2.45) is 5.92 Å². The molecule has 0 saturated carbocycles. The highest BCUT2D eigenvalue weighted by molar-refractivity contribution is 6.04. The molecule has 0 aliphatic heterocycles. The van der Waals surface area contributed by atoms with Crippen LogP contribution in [0.5, 0.6) is 0 Å². The summed E-state index contributed by atoms with van der Waals surface area (Å²) in [6.07, 6.45) is 8.06. The van der Waals surface area contributed by atoms with Crippen molar-refractivity contribution >= 4 is 17.9 Å². The van der Waals surface area contributed by atoms with Gasteiger partial charge in [0.15, 0.2) is 5.78 Å². The highest BCUT2D eigenvalue weighted by Crippen LogP contribution is 2.22. The van der Waals surface area contributed by atoms with Gasteiger partial charge in [-0.3, -0.25) is 4.79 Å². The monoisotopic (exact) mass is 346 g/mol. The number of carbonyl (C=O) groups is 1. The van der Waals surface area contributed by atoms with Gasteiger partial charge in [-0.25, -0.2) is 0 Å². The molecule has 0 heterocycles. The van der Waals surface area contributed by atoms with Gasteiger partial charge in [-0.05, 0) is 52.2 Å². The summed E-state index contributed by atoms with van der Waals surface area (Å²) in [5.74, 6) is 0.650. The molecule has 0 aromatic heterocycles. The van der Waals surface area contributed by atoms with E-state index >= 15 is 0 Å². The molecule has 0 unspecified atom stereocenters. The number of benzene rings is 2. The van der Waals surface area contributed by atoms with E-state index in [0.29, 0.717) is 5.92 Å². The topological polar surface area (TPSA) is 17.1 Å². The normalized spacial score (nSPS) is 12.4. The standard InChI is InChI=1S/C25H30O/c1-19(2)18-22-8-6-20(7-9-22)12-16-24(26)17-13-21-10-14-23(15-11-21)25(3,4)5/h6-17,19H,18H2,1-5H3/b16-12+,17-13+. The summed E-state index contributed by atoms with van der Waals surface area (Å²) in [5.41, 5.74) is 4.86. The molecule has 0 N–H and O–H groups in total. The SMILES string of the molecule is CC(C)Cc1ccc(/C=C/C(=O)/C=C/c2ccc(C(C)(C)C)cc2)cc1. The molecular weight excluding hydrogens is 316 g/mol. The Morgan fingerprint density at radius 3 is 1.73 bits per heavy atom. The predicted octanol–water partition coefficient (Wildman–Crippen LogP) is 6.48. The van der Waals surface area contributed by atoms with Crippen molar-refractivity contribution in [1.82, 2.24) is 0 Å². The second-order valence-corrected chi connectivity index (χ2v) is 8.28. The number of carbonyl (C=O) groups excluding carboxylic acids is 1. The average Bonchev–Trinajstić information content (AvgIpc) is 2.58. The summed E-state index contributed by atoms with van der Waals surface area (Å²) < 4.78 is 0. The van der Waals surface area contributed by atoms with Gasteiger partial charge in [0, 0.05) is 0 Å². The average molecular weight is 347 g/mol. The van der Waals surface area contributed by atoms with Crippen LogP contribution in [0.4, 0.5) is 0 Å². The lowest BCUT2D eigenvalue weighted by Crippen LogP contribution is -2.10. The maximum atomic E-state index is 12.1. The molecule has 0 spiro atoms. The summed E-state index contributed by atoms with van der Waals surface area (Å²) >= 11 is 0. The van der Waals surface area contributed by atoms with Gasteiger partial charge in [0.25, 0.3) is 0 Å². The van der Waals surface area contributed by atoms with E-state index in [-0.39, 0.29) is 11.2 Å². The Morgan fingerprint density at radius 2 is 1.31 bits per heavy atom. The molecule has 0 aliphatic carbocycles. The lowest BCUT2D eigenvalue weighted by Gasteiger charge is -2.18. The molecule has 136 valence electrons. The third-order valence-corrected chi connectivity index (χ3v) is 4.28. The van der Waals surface area contributed by atoms with Crippen molar-refractivity contribution < 1.29 is 4.79 Å². The largest absolute Gasteiger partial charge is 0.290 e. The number of allylic oxidation sites excluding steroid dienone is 2. The van der Waals surface area contributed by atoms with E-state index in [1.54, 1.807) is 12.2 Å².